The number of aromatic nitrogens is 2. The Kier molecular flexibility index (Phi) is 7.46. The van der Waals surface area contributed by atoms with Gasteiger partial charge in [-0.25, -0.2) is 0 Å². The van der Waals surface area contributed by atoms with E-state index in [0.29, 0.717) is 28.5 Å². The topological polar surface area (TPSA) is 84.3 Å². The average Bonchev–Trinajstić information content (AvgIpc) is 3.11. The standard InChI is InChI=1S/C21H22Cl2N4O3S/c1-12-16(13(2)26(3)25-12)6-7-19(28)24-8-9-27-20(29)18(31-21(27)30)10-14-4-5-15(22)11-17(14)23/h4-5,10-11H,6-9H2,1-3H3,(H,24,28)/b18-10-. The fraction of sp³-hybridized carbons (Fsp3) is 0.333. The van der Waals surface area contributed by atoms with E-state index >= 15 is 0 Å². The van der Waals surface area contributed by atoms with E-state index in [4.69, 9.17) is 23.2 Å². The van der Waals surface area contributed by atoms with E-state index in [2.05, 4.69) is 10.4 Å². The van der Waals surface area contributed by atoms with E-state index < -0.39 is 5.91 Å². The molecule has 1 fully saturated rings. The smallest absolute Gasteiger partial charge is 0.293 e. The highest BCUT2D eigenvalue weighted by Gasteiger charge is 2.34. The molecule has 1 aliphatic heterocycles. The normalized spacial score (nSPS) is 15.3. The van der Waals surface area contributed by atoms with Crippen molar-refractivity contribution in [2.45, 2.75) is 26.7 Å². The van der Waals surface area contributed by atoms with E-state index in [1.54, 1.807) is 29.0 Å². The third kappa shape index (κ3) is 5.50. The van der Waals surface area contributed by atoms with Gasteiger partial charge in [-0.05, 0) is 61.4 Å². The van der Waals surface area contributed by atoms with Gasteiger partial charge in [0.25, 0.3) is 11.1 Å². The molecule has 10 heteroatoms. The van der Waals surface area contributed by atoms with Crippen LogP contribution in [0.3, 0.4) is 0 Å². The number of halogens is 2. The van der Waals surface area contributed by atoms with Crippen LogP contribution in [0.4, 0.5) is 4.79 Å². The SMILES string of the molecule is Cc1nn(C)c(C)c1CCC(=O)NCCN1C(=O)S/C(=C\c2ccc(Cl)cc2Cl)C1=O. The number of imide groups is 1. The molecular weight excluding hydrogens is 459 g/mol. The molecule has 7 nitrogen and oxygen atoms in total. The third-order valence-corrected chi connectivity index (χ3v) is 6.51. The van der Waals surface area contributed by atoms with Crippen LogP contribution >= 0.6 is 35.0 Å². The summed E-state index contributed by atoms with van der Waals surface area (Å²) in [7, 11) is 1.87. The van der Waals surface area contributed by atoms with Gasteiger partial charge in [0.05, 0.1) is 10.6 Å². The molecule has 31 heavy (non-hydrogen) atoms. The van der Waals surface area contributed by atoms with Crippen molar-refractivity contribution in [2.75, 3.05) is 13.1 Å². The molecule has 3 amide bonds. The zero-order valence-electron chi connectivity index (χ0n) is 17.4. The minimum Gasteiger partial charge on any atom is -0.354 e. The van der Waals surface area contributed by atoms with Gasteiger partial charge in [0, 0.05) is 42.3 Å². The van der Waals surface area contributed by atoms with Crippen LogP contribution in [0, 0.1) is 13.8 Å². The molecule has 0 radical (unpaired) electrons. The Balaban J connectivity index is 1.52. The molecule has 0 unspecified atom stereocenters. The number of nitrogens with zero attached hydrogens (tertiary/aromatic N) is 3. The lowest BCUT2D eigenvalue weighted by atomic mass is 10.1. The molecule has 1 aliphatic rings. The first-order valence-electron chi connectivity index (χ1n) is 9.63. The molecule has 0 aliphatic carbocycles. The van der Waals surface area contributed by atoms with Gasteiger partial charge in [-0.1, -0.05) is 29.3 Å². The summed E-state index contributed by atoms with van der Waals surface area (Å²) in [4.78, 5) is 38.4. The molecule has 1 aromatic carbocycles. The lowest BCUT2D eigenvalue weighted by Gasteiger charge is -2.13. The zero-order chi connectivity index (χ0) is 22.7. The Morgan fingerprint density at radius 3 is 2.65 bits per heavy atom. The molecule has 2 aromatic rings. The monoisotopic (exact) mass is 480 g/mol. The minimum absolute atomic E-state index is 0.104. The van der Waals surface area contributed by atoms with Crippen molar-refractivity contribution in [3.05, 3.63) is 55.7 Å². The lowest BCUT2D eigenvalue weighted by Crippen LogP contribution is -2.37. The van der Waals surface area contributed by atoms with E-state index in [-0.39, 0.29) is 29.1 Å². The predicted molar refractivity (Wildman–Crippen MR) is 123 cm³/mol. The number of aryl methyl sites for hydroxylation is 2. The van der Waals surface area contributed by atoms with Gasteiger partial charge < -0.3 is 5.32 Å². The summed E-state index contributed by atoms with van der Waals surface area (Å²) in [6.45, 7) is 4.19. The second-order valence-electron chi connectivity index (χ2n) is 7.12. The van der Waals surface area contributed by atoms with Crippen LogP contribution in [-0.4, -0.2) is 44.8 Å². The maximum absolute atomic E-state index is 12.6. The maximum Gasteiger partial charge on any atom is 0.293 e. The van der Waals surface area contributed by atoms with Crippen molar-refractivity contribution in [2.24, 2.45) is 7.05 Å². The number of hydrogen-bond donors (Lipinski definition) is 1. The lowest BCUT2D eigenvalue weighted by molar-refractivity contribution is -0.124. The fourth-order valence-corrected chi connectivity index (χ4v) is 4.58. The third-order valence-electron chi connectivity index (χ3n) is 5.04. The summed E-state index contributed by atoms with van der Waals surface area (Å²) < 4.78 is 1.80. The summed E-state index contributed by atoms with van der Waals surface area (Å²) in [6.07, 6.45) is 2.47. The molecule has 1 aromatic heterocycles. The Morgan fingerprint density at radius 2 is 2.00 bits per heavy atom. The Morgan fingerprint density at radius 1 is 1.26 bits per heavy atom. The molecule has 0 saturated carbocycles. The van der Waals surface area contributed by atoms with Crippen molar-refractivity contribution in [3.8, 4) is 0 Å². The number of benzene rings is 1. The van der Waals surface area contributed by atoms with Crippen molar-refractivity contribution < 1.29 is 14.4 Å². The number of carbonyl (C=O) groups is 3. The highest BCUT2D eigenvalue weighted by molar-refractivity contribution is 8.18. The van der Waals surface area contributed by atoms with Gasteiger partial charge in [-0.15, -0.1) is 0 Å². The van der Waals surface area contributed by atoms with Crippen molar-refractivity contribution in [1.82, 2.24) is 20.0 Å². The first kappa shape index (κ1) is 23.4. The van der Waals surface area contributed by atoms with Crippen LogP contribution in [0.2, 0.25) is 10.0 Å². The first-order chi connectivity index (χ1) is 14.7. The van der Waals surface area contributed by atoms with Gasteiger partial charge in [0.2, 0.25) is 5.91 Å². The number of thioether (sulfide) groups is 1. The van der Waals surface area contributed by atoms with Gasteiger partial charge in [0.1, 0.15) is 0 Å². The second-order valence-corrected chi connectivity index (χ2v) is 8.96. The van der Waals surface area contributed by atoms with Crippen molar-refractivity contribution >= 4 is 58.1 Å². The van der Waals surface area contributed by atoms with Crippen LogP contribution in [0.15, 0.2) is 23.1 Å². The largest absolute Gasteiger partial charge is 0.354 e. The van der Waals surface area contributed by atoms with E-state index in [9.17, 15) is 14.4 Å². The molecular formula is C21H22Cl2N4O3S. The van der Waals surface area contributed by atoms with E-state index in [1.807, 2.05) is 20.9 Å². The van der Waals surface area contributed by atoms with Crippen molar-refractivity contribution in [1.29, 1.82) is 0 Å². The van der Waals surface area contributed by atoms with Crippen LogP contribution in [0.1, 0.15) is 28.9 Å². The number of amides is 3. The van der Waals surface area contributed by atoms with Gasteiger partial charge >= 0.3 is 0 Å². The summed E-state index contributed by atoms with van der Waals surface area (Å²) in [5.74, 6) is -0.546. The Labute approximate surface area is 194 Å². The molecule has 1 N–H and O–H groups in total. The highest BCUT2D eigenvalue weighted by Crippen LogP contribution is 2.33. The summed E-state index contributed by atoms with van der Waals surface area (Å²) in [5, 5.41) is 7.62. The minimum atomic E-state index is -0.406. The molecule has 2 heterocycles. The van der Waals surface area contributed by atoms with Crippen LogP contribution in [0.5, 0.6) is 0 Å². The fourth-order valence-electron chi connectivity index (χ4n) is 3.27. The van der Waals surface area contributed by atoms with Crippen LogP contribution in [-0.2, 0) is 23.1 Å². The number of carbonyl (C=O) groups excluding carboxylic acids is 3. The molecule has 0 spiro atoms. The molecule has 1 saturated heterocycles. The van der Waals surface area contributed by atoms with E-state index in [1.165, 1.54) is 0 Å². The summed E-state index contributed by atoms with van der Waals surface area (Å²) in [6, 6.07) is 4.92. The summed E-state index contributed by atoms with van der Waals surface area (Å²) >= 11 is 12.9. The second kappa shape index (κ2) is 9.89. The number of nitrogens with one attached hydrogen (secondary N) is 1. The van der Waals surface area contributed by atoms with Gasteiger partial charge in [-0.3, -0.25) is 24.0 Å². The molecule has 0 atom stereocenters. The van der Waals surface area contributed by atoms with Crippen LogP contribution < -0.4 is 5.32 Å². The Bertz CT molecular complexity index is 1080. The Hall–Kier alpha value is -2.29. The van der Waals surface area contributed by atoms with Crippen LogP contribution in [0.25, 0.3) is 6.08 Å². The molecule has 164 valence electrons. The average molecular weight is 481 g/mol. The van der Waals surface area contributed by atoms with Gasteiger partial charge in [-0.2, -0.15) is 5.10 Å². The molecule has 3 rings (SSSR count). The number of rotatable bonds is 7. The zero-order valence-corrected chi connectivity index (χ0v) is 19.7. The van der Waals surface area contributed by atoms with E-state index in [0.717, 1.165) is 33.6 Å². The van der Waals surface area contributed by atoms with Crippen molar-refractivity contribution in [3.63, 3.8) is 0 Å². The quantitative estimate of drug-likeness (QED) is 0.602. The summed E-state index contributed by atoms with van der Waals surface area (Å²) in [5.41, 5.74) is 3.62. The maximum atomic E-state index is 12.6. The molecule has 0 bridgehead atoms. The first-order valence-corrected chi connectivity index (χ1v) is 11.2. The predicted octanol–water partition coefficient (Wildman–Crippen LogP) is 4.13. The highest BCUT2D eigenvalue weighted by atomic mass is 35.5. The van der Waals surface area contributed by atoms with Gasteiger partial charge in [0.15, 0.2) is 0 Å². The number of hydrogen-bond acceptors (Lipinski definition) is 5.